The molecule has 26 heavy (non-hydrogen) atoms. The van der Waals surface area contributed by atoms with Crippen LogP contribution < -0.4 is 15.4 Å². The van der Waals surface area contributed by atoms with E-state index in [1.807, 2.05) is 12.1 Å². The maximum atomic E-state index is 11.3. The molecule has 1 fully saturated rings. The monoisotopic (exact) mass is 369 g/mol. The van der Waals surface area contributed by atoms with Gasteiger partial charge in [0.2, 0.25) is 0 Å². The molecule has 2 N–H and O–H groups in total. The lowest BCUT2D eigenvalue weighted by Gasteiger charge is -2.33. The van der Waals surface area contributed by atoms with Crippen molar-refractivity contribution in [3.63, 3.8) is 0 Å². The predicted molar refractivity (Wildman–Crippen MR) is 102 cm³/mol. The highest BCUT2D eigenvalue weighted by atomic mass is 32.1. The Morgan fingerprint density at radius 3 is 2.88 bits per heavy atom. The molecule has 134 valence electrons. The van der Waals surface area contributed by atoms with Crippen molar-refractivity contribution in [3.8, 4) is 5.75 Å². The third-order valence-electron chi connectivity index (χ3n) is 4.52. The van der Waals surface area contributed by atoms with Gasteiger partial charge in [-0.1, -0.05) is 18.2 Å². The van der Waals surface area contributed by atoms with Crippen molar-refractivity contribution in [2.45, 2.75) is 6.10 Å². The molecule has 0 aliphatic carbocycles. The standard InChI is InChI=1S/C19H19N3O3S/c1-24-15-5-4-12-8-14(3-2-13(12)9-15)17-10-22(6-7-25-17)19-21-16(11-26-19)18(20)23/h2-5,8-9,11,17H,6-7,10H2,1H3,(H2,20,23). The molecule has 7 heteroatoms. The van der Waals surface area contributed by atoms with Crippen LogP contribution in [0.1, 0.15) is 22.2 Å². The molecule has 3 aromatic rings. The van der Waals surface area contributed by atoms with Gasteiger partial charge in [0.1, 0.15) is 17.5 Å². The lowest BCUT2D eigenvalue weighted by atomic mass is 10.0. The van der Waals surface area contributed by atoms with Gasteiger partial charge >= 0.3 is 0 Å². The summed E-state index contributed by atoms with van der Waals surface area (Å²) < 4.78 is 11.3. The third-order valence-corrected chi connectivity index (χ3v) is 5.43. The number of methoxy groups -OCH3 is 1. The summed E-state index contributed by atoms with van der Waals surface area (Å²) in [5, 5.41) is 4.78. The molecule has 1 aromatic heterocycles. The molecular formula is C19H19N3O3S. The number of nitrogens with two attached hydrogens (primary N) is 1. The second-order valence-corrected chi connectivity index (χ2v) is 6.99. The quantitative estimate of drug-likeness (QED) is 0.765. The maximum absolute atomic E-state index is 11.3. The van der Waals surface area contributed by atoms with Gasteiger partial charge in [-0.05, 0) is 34.5 Å². The second kappa shape index (κ2) is 6.93. The Morgan fingerprint density at radius 1 is 1.31 bits per heavy atom. The minimum atomic E-state index is -0.498. The molecule has 4 rings (SSSR count). The molecule has 0 spiro atoms. The summed E-state index contributed by atoms with van der Waals surface area (Å²) in [7, 11) is 1.67. The fourth-order valence-electron chi connectivity index (χ4n) is 3.12. The first-order valence-corrected chi connectivity index (χ1v) is 9.21. The first kappa shape index (κ1) is 16.8. The Labute approximate surface area is 155 Å². The van der Waals surface area contributed by atoms with Crippen molar-refractivity contribution in [1.82, 2.24) is 4.98 Å². The van der Waals surface area contributed by atoms with E-state index in [4.69, 9.17) is 15.2 Å². The molecule has 1 aliphatic heterocycles. The number of carbonyl (C=O) groups excluding carboxylic acids is 1. The van der Waals surface area contributed by atoms with Crippen molar-refractivity contribution in [1.29, 1.82) is 0 Å². The zero-order valence-electron chi connectivity index (χ0n) is 14.3. The Bertz CT molecular complexity index is 956. The molecular weight excluding hydrogens is 350 g/mol. The molecule has 1 atom stereocenters. The summed E-state index contributed by atoms with van der Waals surface area (Å²) >= 11 is 1.43. The van der Waals surface area contributed by atoms with Crippen LogP contribution in [0, 0.1) is 0 Å². The van der Waals surface area contributed by atoms with Crippen molar-refractivity contribution in [2.24, 2.45) is 5.73 Å². The summed E-state index contributed by atoms with van der Waals surface area (Å²) in [5.41, 5.74) is 6.74. The van der Waals surface area contributed by atoms with E-state index in [1.165, 1.54) is 11.3 Å². The van der Waals surface area contributed by atoms with Crippen LogP contribution in [0.4, 0.5) is 5.13 Å². The van der Waals surface area contributed by atoms with Crippen molar-refractivity contribution < 1.29 is 14.3 Å². The summed E-state index contributed by atoms with van der Waals surface area (Å²) in [6.07, 6.45) is -0.0452. The first-order valence-electron chi connectivity index (χ1n) is 8.33. The van der Waals surface area contributed by atoms with Crippen molar-refractivity contribution in [3.05, 3.63) is 53.0 Å². The van der Waals surface area contributed by atoms with E-state index in [1.54, 1.807) is 12.5 Å². The number of thiazole rings is 1. The highest BCUT2D eigenvalue weighted by Crippen LogP contribution is 2.30. The predicted octanol–water partition coefficient (Wildman–Crippen LogP) is 2.98. The molecule has 0 bridgehead atoms. The number of fused-ring (bicyclic) bond motifs is 1. The number of hydrogen-bond acceptors (Lipinski definition) is 6. The van der Waals surface area contributed by atoms with E-state index in [0.717, 1.165) is 33.8 Å². The van der Waals surface area contributed by atoms with Crippen LogP contribution in [-0.4, -0.2) is 37.7 Å². The fourth-order valence-corrected chi connectivity index (χ4v) is 3.97. The Morgan fingerprint density at radius 2 is 2.12 bits per heavy atom. The van der Waals surface area contributed by atoms with Crippen LogP contribution in [0.5, 0.6) is 5.75 Å². The zero-order valence-corrected chi connectivity index (χ0v) is 15.2. The van der Waals surface area contributed by atoms with Gasteiger partial charge in [-0.3, -0.25) is 4.79 Å². The first-order chi connectivity index (χ1) is 12.6. The Kier molecular flexibility index (Phi) is 4.48. The van der Waals surface area contributed by atoms with Gasteiger partial charge in [-0.25, -0.2) is 4.98 Å². The van der Waals surface area contributed by atoms with E-state index in [-0.39, 0.29) is 6.10 Å². The normalized spacial score (nSPS) is 17.4. The number of hydrogen-bond donors (Lipinski definition) is 1. The number of anilines is 1. The molecule has 2 aromatic carbocycles. The van der Waals surface area contributed by atoms with Crippen LogP contribution in [0.25, 0.3) is 10.8 Å². The highest BCUT2D eigenvalue weighted by Gasteiger charge is 2.24. The largest absolute Gasteiger partial charge is 0.497 e. The number of nitrogens with zero attached hydrogens (tertiary/aromatic N) is 2. The summed E-state index contributed by atoms with van der Waals surface area (Å²) in [6, 6.07) is 12.4. The summed E-state index contributed by atoms with van der Waals surface area (Å²) in [5.74, 6) is 0.349. The minimum absolute atomic E-state index is 0.0452. The number of ether oxygens (including phenoxy) is 2. The molecule has 0 radical (unpaired) electrons. The Hall–Kier alpha value is -2.64. The maximum Gasteiger partial charge on any atom is 0.268 e. The molecule has 1 amide bonds. The van der Waals surface area contributed by atoms with E-state index in [2.05, 4.69) is 34.1 Å². The average molecular weight is 369 g/mol. The minimum Gasteiger partial charge on any atom is -0.497 e. The van der Waals surface area contributed by atoms with Crippen LogP contribution in [0.3, 0.4) is 0 Å². The highest BCUT2D eigenvalue weighted by molar-refractivity contribution is 7.13. The topological polar surface area (TPSA) is 77.7 Å². The number of amides is 1. The van der Waals surface area contributed by atoms with Gasteiger partial charge in [0.25, 0.3) is 5.91 Å². The van der Waals surface area contributed by atoms with E-state index in [0.29, 0.717) is 18.8 Å². The van der Waals surface area contributed by atoms with Gasteiger partial charge in [0.05, 0.1) is 20.3 Å². The lowest BCUT2D eigenvalue weighted by Crippen LogP contribution is -2.38. The van der Waals surface area contributed by atoms with Crippen molar-refractivity contribution >= 4 is 33.1 Å². The number of aromatic nitrogens is 1. The number of morpholine rings is 1. The summed E-state index contributed by atoms with van der Waals surface area (Å²) in [4.78, 5) is 17.7. The van der Waals surface area contributed by atoms with Gasteiger partial charge in [-0.15, -0.1) is 11.3 Å². The lowest BCUT2D eigenvalue weighted by molar-refractivity contribution is 0.0398. The molecule has 1 aliphatic rings. The third kappa shape index (κ3) is 3.23. The second-order valence-electron chi connectivity index (χ2n) is 6.16. The SMILES string of the molecule is COc1ccc2cc(C3CN(c4nc(C(N)=O)cs4)CCO3)ccc2c1. The van der Waals surface area contributed by atoms with E-state index in [9.17, 15) is 4.79 Å². The van der Waals surface area contributed by atoms with Crippen molar-refractivity contribution in [2.75, 3.05) is 31.7 Å². The van der Waals surface area contributed by atoms with Gasteiger partial charge in [0.15, 0.2) is 5.13 Å². The molecule has 6 nitrogen and oxygen atoms in total. The molecule has 2 heterocycles. The number of primary amides is 1. The molecule has 1 unspecified atom stereocenters. The van der Waals surface area contributed by atoms with Crippen LogP contribution in [0.2, 0.25) is 0 Å². The number of carbonyl (C=O) groups is 1. The van der Waals surface area contributed by atoms with Crippen LogP contribution >= 0.6 is 11.3 Å². The van der Waals surface area contributed by atoms with Gasteiger partial charge in [0, 0.05) is 11.9 Å². The fraction of sp³-hybridized carbons (Fsp3) is 0.263. The number of rotatable bonds is 4. The number of benzene rings is 2. The van der Waals surface area contributed by atoms with Gasteiger partial charge in [-0.2, -0.15) is 0 Å². The molecule has 1 saturated heterocycles. The van der Waals surface area contributed by atoms with E-state index >= 15 is 0 Å². The van der Waals surface area contributed by atoms with Gasteiger partial charge < -0.3 is 20.1 Å². The molecule has 0 saturated carbocycles. The Balaban J connectivity index is 1.57. The van der Waals surface area contributed by atoms with Crippen LogP contribution in [-0.2, 0) is 4.74 Å². The zero-order chi connectivity index (χ0) is 18.1. The summed E-state index contributed by atoms with van der Waals surface area (Å²) in [6.45, 7) is 2.04. The van der Waals surface area contributed by atoms with E-state index < -0.39 is 5.91 Å². The van der Waals surface area contributed by atoms with Crippen LogP contribution in [0.15, 0.2) is 41.8 Å². The average Bonchev–Trinajstić information content (AvgIpc) is 3.18. The smallest absolute Gasteiger partial charge is 0.268 e.